The largest absolute Gasteiger partial charge is 0.481 e. The molecule has 1 aliphatic carbocycles. The zero-order valence-corrected chi connectivity index (χ0v) is 14.0. The predicted octanol–water partition coefficient (Wildman–Crippen LogP) is 4.12. The summed E-state index contributed by atoms with van der Waals surface area (Å²) in [6.07, 6.45) is 10.9. The Kier molecular flexibility index (Phi) is 10.1. The Morgan fingerprint density at radius 2 is 1.71 bits per heavy atom. The topological polar surface area (TPSA) is 80.4 Å². The van der Waals surface area contributed by atoms with Crippen LogP contribution in [0.5, 0.6) is 0 Å². The van der Waals surface area contributed by atoms with Crippen molar-refractivity contribution in [3.8, 4) is 0 Å². The minimum atomic E-state index is -0.618. The number of carbonyl (C=O) groups excluding carboxylic acids is 1. The van der Waals surface area contributed by atoms with E-state index in [2.05, 4.69) is 6.92 Å². The van der Waals surface area contributed by atoms with Crippen LogP contribution in [0.3, 0.4) is 0 Å². The second-order valence-electron chi connectivity index (χ2n) is 6.58. The van der Waals surface area contributed by atoms with Crippen LogP contribution in [0.1, 0.15) is 85.0 Å². The molecule has 0 heterocycles. The van der Waals surface area contributed by atoms with E-state index in [1.807, 2.05) is 13.8 Å². The Labute approximate surface area is 129 Å². The number of amides is 1. The molecule has 0 saturated heterocycles. The lowest BCUT2D eigenvalue weighted by molar-refractivity contribution is -0.149. The number of hydrogen-bond acceptors (Lipinski definition) is 2. The zero-order valence-electron chi connectivity index (χ0n) is 14.0. The molecule has 0 spiro atoms. The van der Waals surface area contributed by atoms with E-state index in [9.17, 15) is 9.59 Å². The summed E-state index contributed by atoms with van der Waals surface area (Å²) in [5, 5.41) is 8.80. The van der Waals surface area contributed by atoms with Gasteiger partial charge in [-0.1, -0.05) is 58.8 Å². The summed E-state index contributed by atoms with van der Waals surface area (Å²) in [5.74, 6) is -0.722. The molecule has 1 saturated carbocycles. The Balaban J connectivity index is 0.000000382. The van der Waals surface area contributed by atoms with Gasteiger partial charge in [-0.3, -0.25) is 9.59 Å². The molecule has 124 valence electrons. The molecular formula is C17H33NO3. The molecule has 0 aliphatic heterocycles. The van der Waals surface area contributed by atoms with E-state index in [4.69, 9.17) is 10.8 Å². The molecule has 0 aromatic rings. The number of carbonyl (C=O) groups is 2. The molecule has 1 unspecified atom stereocenters. The Morgan fingerprint density at radius 1 is 1.14 bits per heavy atom. The van der Waals surface area contributed by atoms with Crippen molar-refractivity contribution in [2.45, 2.75) is 85.0 Å². The average Bonchev–Trinajstić information content (AvgIpc) is 2.44. The summed E-state index contributed by atoms with van der Waals surface area (Å²) < 4.78 is 0. The van der Waals surface area contributed by atoms with Gasteiger partial charge in [0.15, 0.2) is 0 Å². The summed E-state index contributed by atoms with van der Waals surface area (Å²) in [5.41, 5.74) is 4.71. The number of aliphatic carboxylic acids is 1. The van der Waals surface area contributed by atoms with Gasteiger partial charge in [-0.15, -0.1) is 0 Å². The van der Waals surface area contributed by atoms with Gasteiger partial charge in [0.1, 0.15) is 0 Å². The van der Waals surface area contributed by atoms with Crippen molar-refractivity contribution in [3.05, 3.63) is 0 Å². The van der Waals surface area contributed by atoms with E-state index < -0.39 is 11.4 Å². The average molecular weight is 299 g/mol. The van der Waals surface area contributed by atoms with Crippen LogP contribution in [0.15, 0.2) is 0 Å². The highest BCUT2D eigenvalue weighted by Crippen LogP contribution is 2.35. The minimum Gasteiger partial charge on any atom is -0.481 e. The number of rotatable bonds is 7. The molecule has 0 bridgehead atoms. The first-order chi connectivity index (χ1) is 9.83. The quantitative estimate of drug-likeness (QED) is 0.694. The van der Waals surface area contributed by atoms with Crippen molar-refractivity contribution in [1.29, 1.82) is 0 Å². The number of carboxylic acids is 1. The van der Waals surface area contributed by atoms with E-state index in [-0.39, 0.29) is 11.8 Å². The molecule has 1 fully saturated rings. The fraction of sp³-hybridized carbons (Fsp3) is 0.882. The van der Waals surface area contributed by atoms with Crippen molar-refractivity contribution < 1.29 is 14.7 Å². The Bertz CT molecular complexity index is 309. The van der Waals surface area contributed by atoms with Gasteiger partial charge in [0, 0.05) is 5.92 Å². The van der Waals surface area contributed by atoms with Crippen molar-refractivity contribution in [2.24, 2.45) is 17.1 Å². The van der Waals surface area contributed by atoms with E-state index >= 15 is 0 Å². The maximum atomic E-state index is 10.7. The van der Waals surface area contributed by atoms with E-state index in [1.54, 1.807) is 0 Å². The van der Waals surface area contributed by atoms with Crippen LogP contribution in [0.2, 0.25) is 0 Å². The number of unbranched alkanes of at least 4 members (excludes halogenated alkanes) is 3. The summed E-state index contributed by atoms with van der Waals surface area (Å²) in [7, 11) is 0. The van der Waals surface area contributed by atoms with Gasteiger partial charge in [0.25, 0.3) is 0 Å². The molecule has 0 aromatic carbocycles. The van der Waals surface area contributed by atoms with Crippen molar-refractivity contribution in [2.75, 3.05) is 0 Å². The summed E-state index contributed by atoms with van der Waals surface area (Å²) >= 11 is 0. The van der Waals surface area contributed by atoms with Crippen LogP contribution >= 0.6 is 0 Å². The molecule has 1 atom stereocenters. The van der Waals surface area contributed by atoms with Gasteiger partial charge in [-0.25, -0.2) is 0 Å². The van der Waals surface area contributed by atoms with Gasteiger partial charge in [-0.05, 0) is 26.2 Å². The molecule has 1 amide bonds. The minimum absolute atomic E-state index is 0.0619. The summed E-state index contributed by atoms with van der Waals surface area (Å²) in [6.45, 7) is 5.93. The first kappa shape index (κ1) is 19.9. The first-order valence-electron chi connectivity index (χ1n) is 8.36. The smallest absolute Gasteiger partial charge is 0.309 e. The molecule has 21 heavy (non-hydrogen) atoms. The molecular weight excluding hydrogens is 266 g/mol. The lowest BCUT2D eigenvalue weighted by Gasteiger charge is -2.28. The highest BCUT2D eigenvalue weighted by Gasteiger charge is 2.33. The molecule has 3 N–H and O–H groups in total. The van der Waals surface area contributed by atoms with Gasteiger partial charge in [-0.2, -0.15) is 0 Å². The van der Waals surface area contributed by atoms with Crippen LogP contribution < -0.4 is 5.73 Å². The highest BCUT2D eigenvalue weighted by molar-refractivity contribution is 5.76. The lowest BCUT2D eigenvalue weighted by atomic mass is 9.76. The van der Waals surface area contributed by atoms with E-state index in [1.165, 1.54) is 25.7 Å². The number of carboxylic acid groups (broad SMARTS) is 1. The maximum Gasteiger partial charge on any atom is 0.309 e. The third-order valence-corrected chi connectivity index (χ3v) is 4.45. The molecule has 0 aromatic heterocycles. The maximum absolute atomic E-state index is 10.7. The summed E-state index contributed by atoms with van der Waals surface area (Å²) in [4.78, 5) is 21.3. The first-order valence-corrected chi connectivity index (χ1v) is 8.36. The number of hydrogen-bond donors (Lipinski definition) is 2. The fourth-order valence-electron chi connectivity index (χ4n) is 2.57. The second-order valence-corrected chi connectivity index (χ2v) is 6.58. The van der Waals surface area contributed by atoms with Crippen LogP contribution in [-0.2, 0) is 9.59 Å². The van der Waals surface area contributed by atoms with E-state index in [0.717, 1.165) is 38.5 Å². The standard InChI is InChI=1S/C9H19NO.C8H14O2/c1-3-4-5-6-7-8(2)9(10)11;1-8(7(9)10)5-3-2-4-6-8/h8H,3-7H2,1-2H3,(H2,10,11);2-6H2,1H3,(H,9,10). The van der Waals surface area contributed by atoms with Gasteiger partial charge < -0.3 is 10.8 Å². The Hall–Kier alpha value is -1.06. The third-order valence-electron chi connectivity index (χ3n) is 4.45. The normalized spacial score (nSPS) is 18.2. The third kappa shape index (κ3) is 8.74. The highest BCUT2D eigenvalue weighted by atomic mass is 16.4. The predicted molar refractivity (Wildman–Crippen MR) is 85.9 cm³/mol. The second kappa shape index (κ2) is 10.6. The van der Waals surface area contributed by atoms with Crippen LogP contribution in [0.25, 0.3) is 0 Å². The summed E-state index contributed by atoms with van der Waals surface area (Å²) in [6, 6.07) is 0. The SMILES string of the molecule is CC1(C(=O)O)CCCCC1.CCCCCCC(C)C(N)=O. The molecule has 4 heteroatoms. The molecule has 1 rings (SSSR count). The molecule has 1 aliphatic rings. The van der Waals surface area contributed by atoms with Gasteiger partial charge in [0.05, 0.1) is 5.41 Å². The van der Waals surface area contributed by atoms with E-state index in [0.29, 0.717) is 0 Å². The fourth-order valence-corrected chi connectivity index (χ4v) is 2.57. The van der Waals surface area contributed by atoms with Crippen molar-refractivity contribution in [3.63, 3.8) is 0 Å². The number of primary amides is 1. The molecule has 4 nitrogen and oxygen atoms in total. The van der Waals surface area contributed by atoms with Crippen molar-refractivity contribution >= 4 is 11.9 Å². The number of nitrogens with two attached hydrogens (primary N) is 1. The van der Waals surface area contributed by atoms with Crippen LogP contribution in [0.4, 0.5) is 0 Å². The zero-order chi connectivity index (χ0) is 16.3. The molecule has 0 radical (unpaired) electrons. The van der Waals surface area contributed by atoms with Crippen LogP contribution in [-0.4, -0.2) is 17.0 Å². The van der Waals surface area contributed by atoms with Crippen LogP contribution in [0, 0.1) is 11.3 Å². The Morgan fingerprint density at radius 3 is 2.10 bits per heavy atom. The monoisotopic (exact) mass is 299 g/mol. The van der Waals surface area contributed by atoms with Crippen molar-refractivity contribution in [1.82, 2.24) is 0 Å². The lowest BCUT2D eigenvalue weighted by Crippen LogP contribution is -2.29. The van der Waals surface area contributed by atoms with Gasteiger partial charge >= 0.3 is 5.97 Å². The van der Waals surface area contributed by atoms with Gasteiger partial charge in [0.2, 0.25) is 5.91 Å².